The van der Waals surface area contributed by atoms with Gasteiger partial charge < -0.3 is 15.1 Å². The molecule has 2 aromatic carbocycles. The molecule has 1 aliphatic rings. The van der Waals surface area contributed by atoms with E-state index in [0.717, 1.165) is 17.1 Å². The van der Waals surface area contributed by atoms with E-state index >= 15 is 0 Å². The van der Waals surface area contributed by atoms with Crippen molar-refractivity contribution in [1.82, 2.24) is 15.1 Å². The molecule has 1 N–H and O–H groups in total. The van der Waals surface area contributed by atoms with Crippen molar-refractivity contribution in [3.8, 4) is 11.3 Å². The van der Waals surface area contributed by atoms with Gasteiger partial charge in [-0.15, -0.1) is 10.2 Å². The van der Waals surface area contributed by atoms with Crippen LogP contribution in [0.5, 0.6) is 0 Å². The Balaban J connectivity index is 1.36. The van der Waals surface area contributed by atoms with Crippen LogP contribution in [0.1, 0.15) is 0 Å². The Kier molecular flexibility index (Phi) is 5.83. The van der Waals surface area contributed by atoms with Crippen molar-refractivity contribution in [2.24, 2.45) is 0 Å². The standard InChI is InChI=1S/C21H19Cl2N5O/c22-15-6-7-17(18(23)14-15)19-8-9-20(26-25-19)27-10-12-28(13-11-27)21(29)24-16-4-2-1-3-5-16/h1-9,14H,10-13H2,(H,24,29). The molecule has 0 aliphatic carbocycles. The van der Waals surface area contributed by atoms with E-state index in [0.29, 0.717) is 41.9 Å². The number of amides is 2. The molecule has 1 aliphatic heterocycles. The number of anilines is 2. The van der Waals surface area contributed by atoms with Crippen LogP contribution in [-0.2, 0) is 0 Å². The molecule has 0 unspecified atom stereocenters. The number of para-hydroxylation sites is 1. The number of rotatable bonds is 3. The van der Waals surface area contributed by atoms with Crippen LogP contribution in [0.4, 0.5) is 16.3 Å². The first-order valence-electron chi connectivity index (χ1n) is 9.25. The molecule has 4 rings (SSSR count). The quantitative estimate of drug-likeness (QED) is 0.651. The van der Waals surface area contributed by atoms with Crippen molar-refractivity contribution < 1.29 is 4.79 Å². The van der Waals surface area contributed by atoms with Crippen LogP contribution in [0, 0.1) is 0 Å². The summed E-state index contributed by atoms with van der Waals surface area (Å²) in [6.45, 7) is 2.62. The van der Waals surface area contributed by atoms with E-state index in [1.165, 1.54) is 0 Å². The maximum absolute atomic E-state index is 12.4. The van der Waals surface area contributed by atoms with Crippen molar-refractivity contribution >= 4 is 40.7 Å². The normalized spacial score (nSPS) is 14.0. The van der Waals surface area contributed by atoms with Crippen LogP contribution >= 0.6 is 23.2 Å². The Morgan fingerprint density at radius 3 is 2.31 bits per heavy atom. The van der Waals surface area contributed by atoms with Gasteiger partial charge in [0.15, 0.2) is 5.82 Å². The summed E-state index contributed by atoms with van der Waals surface area (Å²) in [5, 5.41) is 12.7. The van der Waals surface area contributed by atoms with Gasteiger partial charge in [0.25, 0.3) is 0 Å². The molecule has 0 saturated carbocycles. The average Bonchev–Trinajstić information content (AvgIpc) is 2.75. The Morgan fingerprint density at radius 1 is 0.897 bits per heavy atom. The number of piperazine rings is 1. The molecule has 0 radical (unpaired) electrons. The summed E-state index contributed by atoms with van der Waals surface area (Å²) in [7, 11) is 0. The molecule has 1 saturated heterocycles. The van der Waals surface area contributed by atoms with Crippen molar-refractivity contribution in [2.75, 3.05) is 36.4 Å². The fourth-order valence-electron chi connectivity index (χ4n) is 3.20. The van der Waals surface area contributed by atoms with E-state index < -0.39 is 0 Å². The Bertz CT molecular complexity index is 990. The third kappa shape index (κ3) is 4.60. The summed E-state index contributed by atoms with van der Waals surface area (Å²) in [5.74, 6) is 0.780. The second-order valence-electron chi connectivity index (χ2n) is 6.67. The molecule has 3 aromatic rings. The van der Waals surface area contributed by atoms with Crippen LogP contribution in [0.2, 0.25) is 10.0 Å². The first-order chi connectivity index (χ1) is 14.1. The maximum Gasteiger partial charge on any atom is 0.321 e. The van der Waals surface area contributed by atoms with E-state index in [9.17, 15) is 4.79 Å². The molecule has 1 aromatic heterocycles. The van der Waals surface area contributed by atoms with Crippen molar-refractivity contribution in [1.29, 1.82) is 0 Å². The molecule has 0 bridgehead atoms. The predicted molar refractivity (Wildman–Crippen MR) is 117 cm³/mol. The van der Waals surface area contributed by atoms with Crippen molar-refractivity contribution in [2.45, 2.75) is 0 Å². The van der Waals surface area contributed by atoms with Gasteiger partial charge in [0, 0.05) is 42.5 Å². The highest BCUT2D eigenvalue weighted by Crippen LogP contribution is 2.29. The summed E-state index contributed by atoms with van der Waals surface area (Å²) in [5.41, 5.74) is 2.27. The molecule has 2 amide bonds. The molecule has 0 atom stereocenters. The third-order valence-corrected chi connectivity index (χ3v) is 5.32. The van der Waals surface area contributed by atoms with E-state index in [-0.39, 0.29) is 6.03 Å². The highest BCUT2D eigenvalue weighted by Gasteiger charge is 2.22. The van der Waals surface area contributed by atoms with Gasteiger partial charge in [-0.2, -0.15) is 0 Å². The first-order valence-corrected chi connectivity index (χ1v) is 10.0. The van der Waals surface area contributed by atoms with Crippen molar-refractivity contribution in [3.05, 3.63) is 70.7 Å². The number of nitrogens with one attached hydrogen (secondary N) is 1. The molecule has 8 heteroatoms. The average molecular weight is 428 g/mol. The fourth-order valence-corrected chi connectivity index (χ4v) is 3.70. The number of carbonyl (C=O) groups excluding carboxylic acids is 1. The molecule has 148 valence electrons. The summed E-state index contributed by atoms with van der Waals surface area (Å²) >= 11 is 12.2. The number of benzene rings is 2. The van der Waals surface area contributed by atoms with Gasteiger partial charge in [-0.05, 0) is 42.5 Å². The van der Waals surface area contributed by atoms with E-state index in [2.05, 4.69) is 20.4 Å². The zero-order chi connectivity index (χ0) is 20.2. The zero-order valence-corrected chi connectivity index (χ0v) is 17.1. The van der Waals surface area contributed by atoms with Gasteiger partial charge in [0.2, 0.25) is 0 Å². The molecular formula is C21H19Cl2N5O. The summed E-state index contributed by atoms with van der Waals surface area (Å²) in [4.78, 5) is 16.3. The van der Waals surface area contributed by atoms with Gasteiger partial charge in [-0.1, -0.05) is 41.4 Å². The van der Waals surface area contributed by atoms with Crippen LogP contribution in [0.3, 0.4) is 0 Å². The van der Waals surface area contributed by atoms with Gasteiger partial charge in [0.05, 0.1) is 10.7 Å². The number of carbonyl (C=O) groups is 1. The lowest BCUT2D eigenvalue weighted by molar-refractivity contribution is 0.208. The topological polar surface area (TPSA) is 61.4 Å². The van der Waals surface area contributed by atoms with Gasteiger partial charge in [-0.3, -0.25) is 0 Å². The largest absolute Gasteiger partial charge is 0.352 e. The highest BCUT2D eigenvalue weighted by molar-refractivity contribution is 6.36. The minimum absolute atomic E-state index is 0.0883. The van der Waals surface area contributed by atoms with Crippen LogP contribution in [-0.4, -0.2) is 47.3 Å². The summed E-state index contributed by atoms with van der Waals surface area (Å²) in [6, 6.07) is 18.5. The lowest BCUT2D eigenvalue weighted by Gasteiger charge is -2.35. The fraction of sp³-hybridized carbons (Fsp3) is 0.190. The van der Waals surface area contributed by atoms with Gasteiger partial charge >= 0.3 is 6.03 Å². The smallest absolute Gasteiger partial charge is 0.321 e. The summed E-state index contributed by atoms with van der Waals surface area (Å²) < 4.78 is 0. The number of halogens is 2. The second kappa shape index (κ2) is 8.68. The minimum atomic E-state index is -0.0883. The van der Waals surface area contributed by atoms with Crippen LogP contribution < -0.4 is 10.2 Å². The molecular weight excluding hydrogens is 409 g/mol. The number of aromatic nitrogens is 2. The maximum atomic E-state index is 12.4. The number of hydrogen-bond acceptors (Lipinski definition) is 4. The lowest BCUT2D eigenvalue weighted by atomic mass is 10.1. The molecule has 2 heterocycles. The molecule has 0 spiro atoms. The minimum Gasteiger partial charge on any atom is -0.352 e. The Labute approximate surface area is 179 Å². The Hall–Kier alpha value is -2.83. The molecule has 29 heavy (non-hydrogen) atoms. The van der Waals surface area contributed by atoms with Crippen LogP contribution in [0.15, 0.2) is 60.7 Å². The van der Waals surface area contributed by atoms with Crippen LogP contribution in [0.25, 0.3) is 11.3 Å². The summed E-state index contributed by atoms with van der Waals surface area (Å²) in [6.07, 6.45) is 0. The SMILES string of the molecule is O=C(Nc1ccccc1)N1CCN(c2ccc(-c3ccc(Cl)cc3Cl)nn2)CC1. The second-order valence-corrected chi connectivity index (χ2v) is 7.51. The van der Waals surface area contributed by atoms with Crippen molar-refractivity contribution in [3.63, 3.8) is 0 Å². The van der Waals surface area contributed by atoms with E-state index in [1.807, 2.05) is 48.5 Å². The highest BCUT2D eigenvalue weighted by atomic mass is 35.5. The van der Waals surface area contributed by atoms with Gasteiger partial charge in [-0.25, -0.2) is 4.79 Å². The molecule has 6 nitrogen and oxygen atoms in total. The monoisotopic (exact) mass is 427 g/mol. The van der Waals surface area contributed by atoms with E-state index in [4.69, 9.17) is 23.2 Å². The molecule has 1 fully saturated rings. The Morgan fingerprint density at radius 2 is 1.66 bits per heavy atom. The van der Waals surface area contributed by atoms with Gasteiger partial charge in [0.1, 0.15) is 0 Å². The number of hydrogen-bond donors (Lipinski definition) is 1. The zero-order valence-electron chi connectivity index (χ0n) is 15.6. The third-order valence-electron chi connectivity index (χ3n) is 4.77. The first kappa shape index (κ1) is 19.5. The predicted octanol–water partition coefficient (Wildman–Crippen LogP) is 4.80. The number of nitrogens with zero attached hydrogens (tertiary/aromatic N) is 4. The lowest BCUT2D eigenvalue weighted by Crippen LogP contribution is -2.50. The van der Waals surface area contributed by atoms with E-state index in [1.54, 1.807) is 17.0 Å². The number of urea groups is 1.